The van der Waals surface area contributed by atoms with Crippen molar-refractivity contribution >= 4 is 22.7 Å². The number of nitrogens with zero attached hydrogens (tertiary/aromatic N) is 3. The molecule has 220 valence electrons. The van der Waals surface area contributed by atoms with Crippen LogP contribution in [0.25, 0.3) is 56.3 Å². The summed E-state index contributed by atoms with van der Waals surface area (Å²) < 4.78 is 5.92. The van der Waals surface area contributed by atoms with Gasteiger partial charge in [-0.1, -0.05) is 139 Å². The molecule has 47 heavy (non-hydrogen) atoms. The Hall–Kier alpha value is -5.78. The minimum atomic E-state index is -0.526. The molecular weight excluding hydrogens is 595 g/mol. The molecular formula is C42H25N3OS. The third-order valence-electron chi connectivity index (χ3n) is 9.50. The van der Waals surface area contributed by atoms with Gasteiger partial charge in [-0.05, 0) is 51.6 Å². The van der Waals surface area contributed by atoms with Crippen molar-refractivity contribution in [1.29, 1.82) is 0 Å². The van der Waals surface area contributed by atoms with Crippen molar-refractivity contribution in [2.75, 3.05) is 0 Å². The molecule has 2 aliphatic rings. The Morgan fingerprint density at radius 2 is 1.09 bits per heavy atom. The molecule has 0 radical (unpaired) electrons. The lowest BCUT2D eigenvalue weighted by atomic mass is 9.67. The molecule has 1 unspecified atom stereocenters. The lowest BCUT2D eigenvalue weighted by Gasteiger charge is -2.40. The molecule has 1 spiro atoms. The molecule has 2 aromatic heterocycles. The fourth-order valence-electron chi connectivity index (χ4n) is 7.57. The van der Waals surface area contributed by atoms with Crippen LogP contribution in [-0.2, 0) is 5.41 Å². The summed E-state index contributed by atoms with van der Waals surface area (Å²) in [6.45, 7) is 0. The van der Waals surface area contributed by atoms with Crippen molar-refractivity contribution in [2.45, 2.75) is 15.2 Å². The molecule has 0 saturated carbocycles. The standard InChI is InChI=1S/C42H25N3OS/c1-3-12-26(13-4-1)39-43-40(27-14-5-2-6-15-27)45-41(44-39)30-17-11-20-34-38(30)47-36-21-10-9-19-32(36)42(34)31-18-8-7-16-28(31)37-29-24-25-46-35(29)23-22-33(37)42/h1-25H. The topological polar surface area (TPSA) is 51.8 Å². The number of hydrogen-bond acceptors (Lipinski definition) is 5. The van der Waals surface area contributed by atoms with E-state index in [0.29, 0.717) is 17.5 Å². The molecule has 0 bridgehead atoms. The molecule has 0 fully saturated rings. The molecule has 1 atom stereocenters. The molecule has 1 aliphatic heterocycles. The summed E-state index contributed by atoms with van der Waals surface area (Å²) in [5.41, 5.74) is 10.8. The largest absolute Gasteiger partial charge is 0.464 e. The molecule has 6 aromatic carbocycles. The Labute approximate surface area is 275 Å². The Kier molecular flexibility index (Phi) is 5.69. The van der Waals surface area contributed by atoms with E-state index >= 15 is 0 Å². The summed E-state index contributed by atoms with van der Waals surface area (Å²) in [5, 5.41) is 1.14. The molecule has 0 saturated heterocycles. The van der Waals surface area contributed by atoms with Gasteiger partial charge in [0, 0.05) is 31.9 Å². The Bertz CT molecular complexity index is 2450. The number of fused-ring (bicyclic) bond motifs is 11. The van der Waals surface area contributed by atoms with Gasteiger partial charge < -0.3 is 4.42 Å². The zero-order valence-corrected chi connectivity index (χ0v) is 25.9. The maximum atomic E-state index is 5.92. The lowest BCUT2D eigenvalue weighted by Crippen LogP contribution is -2.32. The quantitative estimate of drug-likeness (QED) is 0.197. The normalized spacial score (nSPS) is 15.7. The Balaban J connectivity index is 1.29. The van der Waals surface area contributed by atoms with Gasteiger partial charge in [0.05, 0.1) is 11.7 Å². The summed E-state index contributed by atoms with van der Waals surface area (Å²) in [5.74, 6) is 1.97. The van der Waals surface area contributed by atoms with Gasteiger partial charge in [-0.2, -0.15) is 0 Å². The van der Waals surface area contributed by atoms with E-state index in [1.54, 1.807) is 18.0 Å². The van der Waals surface area contributed by atoms with Gasteiger partial charge in [0.2, 0.25) is 0 Å². The van der Waals surface area contributed by atoms with E-state index in [-0.39, 0.29) is 0 Å². The predicted octanol–water partition coefficient (Wildman–Crippen LogP) is 10.4. The van der Waals surface area contributed by atoms with Gasteiger partial charge in [-0.3, -0.25) is 0 Å². The highest BCUT2D eigenvalue weighted by atomic mass is 32.2. The third-order valence-corrected chi connectivity index (χ3v) is 10.7. The zero-order valence-electron chi connectivity index (χ0n) is 25.1. The number of benzene rings is 6. The van der Waals surface area contributed by atoms with Crippen molar-refractivity contribution in [2.24, 2.45) is 0 Å². The first-order valence-electron chi connectivity index (χ1n) is 15.7. The molecule has 4 nitrogen and oxygen atoms in total. The van der Waals surface area contributed by atoms with E-state index in [0.717, 1.165) is 32.6 Å². The highest BCUT2D eigenvalue weighted by Gasteiger charge is 2.51. The van der Waals surface area contributed by atoms with E-state index in [9.17, 15) is 0 Å². The maximum Gasteiger partial charge on any atom is 0.165 e. The van der Waals surface area contributed by atoms with Crippen LogP contribution in [0.4, 0.5) is 0 Å². The maximum absolute atomic E-state index is 5.92. The van der Waals surface area contributed by atoms with Crippen LogP contribution in [0.15, 0.2) is 166 Å². The summed E-state index contributed by atoms with van der Waals surface area (Å²) in [6.07, 6.45) is 1.80. The van der Waals surface area contributed by atoms with Crippen molar-refractivity contribution < 1.29 is 4.42 Å². The second-order valence-corrected chi connectivity index (χ2v) is 13.0. The molecule has 3 heterocycles. The first-order chi connectivity index (χ1) is 23.3. The van der Waals surface area contributed by atoms with Crippen molar-refractivity contribution in [3.63, 3.8) is 0 Å². The van der Waals surface area contributed by atoms with Crippen LogP contribution in [0.1, 0.15) is 22.3 Å². The summed E-state index contributed by atoms with van der Waals surface area (Å²) in [4.78, 5) is 17.7. The SMILES string of the molecule is c1ccc(-c2nc(-c3ccccc3)nc(-c3cccc4c3Sc3ccccc3C43c4ccccc4-c4c3ccc3occc43)n2)cc1. The Morgan fingerprint density at radius 1 is 0.468 bits per heavy atom. The van der Waals surface area contributed by atoms with Crippen LogP contribution in [-0.4, -0.2) is 15.0 Å². The minimum absolute atomic E-state index is 0.526. The first kappa shape index (κ1) is 26.4. The molecule has 5 heteroatoms. The average molecular weight is 620 g/mol. The van der Waals surface area contributed by atoms with Gasteiger partial charge in [0.15, 0.2) is 17.5 Å². The molecule has 1 aliphatic carbocycles. The monoisotopic (exact) mass is 619 g/mol. The summed E-state index contributed by atoms with van der Waals surface area (Å²) >= 11 is 1.80. The van der Waals surface area contributed by atoms with Gasteiger partial charge in [0.25, 0.3) is 0 Å². The molecule has 0 amide bonds. The lowest BCUT2D eigenvalue weighted by molar-refractivity contribution is 0.615. The van der Waals surface area contributed by atoms with Crippen LogP contribution in [0.5, 0.6) is 0 Å². The molecule has 10 rings (SSSR count). The summed E-state index contributed by atoms with van der Waals surface area (Å²) in [6, 6.07) is 51.2. The van der Waals surface area contributed by atoms with Gasteiger partial charge in [0.1, 0.15) is 5.58 Å². The van der Waals surface area contributed by atoms with E-state index in [1.165, 1.54) is 38.3 Å². The fourth-order valence-corrected chi connectivity index (χ4v) is 8.87. The van der Waals surface area contributed by atoms with Crippen LogP contribution in [0.3, 0.4) is 0 Å². The molecule has 8 aromatic rings. The predicted molar refractivity (Wildman–Crippen MR) is 187 cm³/mol. The fraction of sp³-hybridized carbons (Fsp3) is 0.0238. The number of aromatic nitrogens is 3. The smallest absolute Gasteiger partial charge is 0.165 e. The second kappa shape index (κ2) is 10.1. The second-order valence-electron chi connectivity index (χ2n) is 11.9. The highest BCUT2D eigenvalue weighted by molar-refractivity contribution is 7.99. The van der Waals surface area contributed by atoms with Gasteiger partial charge in [-0.15, -0.1) is 0 Å². The van der Waals surface area contributed by atoms with Crippen molar-refractivity contribution in [1.82, 2.24) is 15.0 Å². The zero-order chi connectivity index (χ0) is 31.0. The molecule has 0 N–H and O–H groups in total. The van der Waals surface area contributed by atoms with E-state index in [4.69, 9.17) is 19.4 Å². The van der Waals surface area contributed by atoms with Crippen molar-refractivity contribution in [3.8, 4) is 45.3 Å². The third kappa shape index (κ3) is 3.75. The van der Waals surface area contributed by atoms with Crippen LogP contribution in [0.2, 0.25) is 0 Å². The van der Waals surface area contributed by atoms with Gasteiger partial charge >= 0.3 is 0 Å². The average Bonchev–Trinajstić information content (AvgIpc) is 3.74. The summed E-state index contributed by atoms with van der Waals surface area (Å²) in [7, 11) is 0. The van der Waals surface area contributed by atoms with Crippen molar-refractivity contribution in [3.05, 3.63) is 174 Å². The minimum Gasteiger partial charge on any atom is -0.464 e. The van der Waals surface area contributed by atoms with E-state index < -0.39 is 5.41 Å². The highest BCUT2D eigenvalue weighted by Crippen LogP contribution is 2.64. The van der Waals surface area contributed by atoms with Crippen LogP contribution in [0, 0.1) is 0 Å². The number of furan rings is 1. The first-order valence-corrected chi connectivity index (χ1v) is 16.5. The van der Waals surface area contributed by atoms with Crippen LogP contribution >= 0.6 is 11.8 Å². The number of hydrogen-bond donors (Lipinski definition) is 0. The van der Waals surface area contributed by atoms with E-state index in [1.807, 2.05) is 36.4 Å². The van der Waals surface area contributed by atoms with Crippen LogP contribution < -0.4 is 0 Å². The number of rotatable bonds is 3. The van der Waals surface area contributed by atoms with Gasteiger partial charge in [-0.25, -0.2) is 15.0 Å². The van der Waals surface area contributed by atoms with E-state index in [2.05, 4.69) is 109 Å². The Morgan fingerprint density at radius 3 is 1.85 bits per heavy atom.